The quantitative estimate of drug-likeness (QED) is 0.242. The van der Waals surface area contributed by atoms with Gasteiger partial charge >= 0.3 is 6.36 Å². The van der Waals surface area contributed by atoms with Crippen LogP contribution in [0.2, 0.25) is 5.15 Å². The van der Waals surface area contributed by atoms with Crippen LogP contribution in [-0.2, 0) is 0 Å². The van der Waals surface area contributed by atoms with E-state index in [2.05, 4.69) is 10.1 Å². The molecule has 0 radical (unpaired) electrons. The predicted molar refractivity (Wildman–Crippen MR) is 103 cm³/mol. The highest BCUT2D eigenvalue weighted by molar-refractivity contribution is 6.28. The number of nitrogens with zero attached hydrogens (tertiary/aromatic N) is 1. The minimum Gasteiger partial charge on any atom is -0.618 e. The average molecular weight is 457 g/mol. The number of hydrogen-bond donors (Lipinski definition) is 1. The molecule has 0 unspecified atom stereocenters. The fourth-order valence-corrected chi connectivity index (χ4v) is 2.70. The molecule has 0 atom stereocenters. The maximum absolute atomic E-state index is 14.7. The molecule has 0 saturated heterocycles. The van der Waals surface area contributed by atoms with Gasteiger partial charge in [-0.05, 0) is 54.4 Å². The van der Waals surface area contributed by atoms with Crippen molar-refractivity contribution in [3.05, 3.63) is 82.0 Å². The van der Waals surface area contributed by atoms with Crippen molar-refractivity contribution in [3.63, 3.8) is 0 Å². The summed E-state index contributed by atoms with van der Waals surface area (Å²) in [7, 11) is 0. The number of carbonyl (C=O) groups excluding carboxylic acids is 1. The Morgan fingerprint density at radius 1 is 1.10 bits per heavy atom. The molecule has 0 fully saturated rings. The Kier molecular flexibility index (Phi) is 6.21. The number of aromatic nitrogens is 1. The molecule has 0 aliphatic rings. The van der Waals surface area contributed by atoms with Gasteiger partial charge in [-0.25, -0.2) is 4.39 Å². The number of rotatable bonds is 5. The largest absolute Gasteiger partial charge is 0.618 e. The third-order valence-corrected chi connectivity index (χ3v) is 4.22. The van der Waals surface area contributed by atoms with Crippen molar-refractivity contribution >= 4 is 23.2 Å². The molecule has 1 aromatic heterocycles. The Balaban J connectivity index is 1.87. The summed E-state index contributed by atoms with van der Waals surface area (Å²) in [5.41, 5.74) is -0.136. The molecule has 1 heterocycles. The van der Waals surface area contributed by atoms with Crippen molar-refractivity contribution in [1.82, 2.24) is 0 Å². The first kappa shape index (κ1) is 22.2. The normalized spacial score (nSPS) is 11.2. The highest BCUT2D eigenvalue weighted by atomic mass is 35.5. The van der Waals surface area contributed by atoms with Crippen LogP contribution in [0.15, 0.2) is 54.7 Å². The van der Waals surface area contributed by atoms with Crippen molar-refractivity contribution < 1.29 is 36.6 Å². The molecule has 2 aromatic carbocycles. The Hall–Kier alpha value is -3.53. The summed E-state index contributed by atoms with van der Waals surface area (Å²) in [5, 5.41) is 13.5. The number of benzene rings is 2. The molecule has 0 spiro atoms. The SMILES string of the molecule is Cc1ccc(Oc2ccc(OC(F)(F)F)cc2)c(C(=O)Nc2cc[n+]([O-])c(Cl)c2)c1F. The molecule has 31 heavy (non-hydrogen) atoms. The zero-order valence-electron chi connectivity index (χ0n) is 15.7. The van der Waals surface area contributed by atoms with Crippen molar-refractivity contribution in [2.24, 2.45) is 0 Å². The van der Waals surface area contributed by atoms with Gasteiger partial charge in [0.05, 0.1) is 5.69 Å². The summed E-state index contributed by atoms with van der Waals surface area (Å²) in [6.07, 6.45) is -3.79. The second-order valence-electron chi connectivity index (χ2n) is 6.21. The van der Waals surface area contributed by atoms with Gasteiger partial charge in [0.25, 0.3) is 11.1 Å². The van der Waals surface area contributed by atoms with Crippen LogP contribution in [0.4, 0.5) is 23.2 Å². The molecule has 3 aromatic rings. The smallest absolute Gasteiger partial charge is 0.573 e. The Morgan fingerprint density at radius 2 is 1.74 bits per heavy atom. The van der Waals surface area contributed by atoms with Crippen LogP contribution in [-0.4, -0.2) is 12.3 Å². The zero-order chi connectivity index (χ0) is 22.8. The van der Waals surface area contributed by atoms with E-state index in [1.807, 2.05) is 0 Å². The van der Waals surface area contributed by atoms with Crippen LogP contribution in [0.25, 0.3) is 0 Å². The first-order chi connectivity index (χ1) is 14.5. The number of halogens is 5. The third kappa shape index (κ3) is 5.54. The van der Waals surface area contributed by atoms with Crippen LogP contribution < -0.4 is 19.5 Å². The number of aryl methyl sites for hydroxylation is 1. The van der Waals surface area contributed by atoms with Gasteiger partial charge in [0.15, 0.2) is 6.20 Å². The highest BCUT2D eigenvalue weighted by Crippen LogP contribution is 2.31. The van der Waals surface area contributed by atoms with E-state index in [1.165, 1.54) is 43.3 Å². The number of amides is 1. The number of alkyl halides is 3. The van der Waals surface area contributed by atoms with Gasteiger partial charge < -0.3 is 20.0 Å². The zero-order valence-corrected chi connectivity index (χ0v) is 16.4. The van der Waals surface area contributed by atoms with Crippen molar-refractivity contribution in [2.75, 3.05) is 5.32 Å². The van der Waals surface area contributed by atoms with E-state index in [-0.39, 0.29) is 27.9 Å². The Bertz CT molecular complexity index is 1120. The van der Waals surface area contributed by atoms with E-state index < -0.39 is 29.4 Å². The van der Waals surface area contributed by atoms with Gasteiger partial charge in [-0.15, -0.1) is 13.2 Å². The number of nitrogens with one attached hydrogen (secondary N) is 1. The van der Waals surface area contributed by atoms with Crippen LogP contribution >= 0.6 is 11.6 Å². The van der Waals surface area contributed by atoms with Gasteiger partial charge in [-0.2, -0.15) is 4.73 Å². The lowest BCUT2D eigenvalue weighted by Gasteiger charge is -2.14. The average Bonchev–Trinajstić information content (AvgIpc) is 2.68. The number of carbonyl (C=O) groups is 1. The lowest BCUT2D eigenvalue weighted by Crippen LogP contribution is -2.27. The van der Waals surface area contributed by atoms with Crippen LogP contribution in [0, 0.1) is 17.9 Å². The number of pyridine rings is 1. The maximum atomic E-state index is 14.7. The van der Waals surface area contributed by atoms with Gasteiger partial charge in [0, 0.05) is 12.1 Å². The highest BCUT2D eigenvalue weighted by Gasteiger charge is 2.31. The van der Waals surface area contributed by atoms with E-state index in [9.17, 15) is 27.6 Å². The fourth-order valence-electron chi connectivity index (χ4n) is 2.53. The van der Waals surface area contributed by atoms with Crippen LogP contribution in [0.5, 0.6) is 17.2 Å². The summed E-state index contributed by atoms with van der Waals surface area (Å²) < 4.78 is 61.2. The second kappa shape index (κ2) is 8.68. The lowest BCUT2D eigenvalue weighted by molar-refractivity contribution is -0.602. The van der Waals surface area contributed by atoms with Crippen molar-refractivity contribution in [2.45, 2.75) is 13.3 Å². The topological polar surface area (TPSA) is 74.5 Å². The summed E-state index contributed by atoms with van der Waals surface area (Å²) >= 11 is 5.71. The first-order valence-electron chi connectivity index (χ1n) is 8.56. The van der Waals surface area contributed by atoms with Gasteiger partial charge in [0.2, 0.25) is 0 Å². The molecule has 0 saturated carbocycles. The molecule has 0 bridgehead atoms. The van der Waals surface area contributed by atoms with E-state index in [4.69, 9.17) is 16.3 Å². The van der Waals surface area contributed by atoms with Gasteiger partial charge in [0.1, 0.15) is 28.6 Å². The molecular weight excluding hydrogens is 444 g/mol. The molecular formula is C20H13ClF4N2O4. The molecule has 0 aliphatic carbocycles. The minimum absolute atomic E-state index is 0.0435. The summed E-state index contributed by atoms with van der Waals surface area (Å²) in [6, 6.07) is 9.54. The van der Waals surface area contributed by atoms with E-state index >= 15 is 0 Å². The number of hydrogen-bond acceptors (Lipinski definition) is 4. The van der Waals surface area contributed by atoms with Gasteiger partial charge in [-0.3, -0.25) is 4.79 Å². The van der Waals surface area contributed by atoms with Gasteiger partial charge in [-0.1, -0.05) is 6.07 Å². The molecule has 1 N–H and O–H groups in total. The summed E-state index contributed by atoms with van der Waals surface area (Å²) in [6.45, 7) is 1.44. The molecule has 6 nitrogen and oxygen atoms in total. The van der Waals surface area contributed by atoms with Crippen LogP contribution in [0.1, 0.15) is 15.9 Å². The fraction of sp³-hybridized carbons (Fsp3) is 0.100. The molecule has 3 rings (SSSR count). The Labute approximate surface area is 178 Å². The monoisotopic (exact) mass is 456 g/mol. The van der Waals surface area contributed by atoms with Crippen molar-refractivity contribution in [1.29, 1.82) is 0 Å². The minimum atomic E-state index is -4.85. The number of anilines is 1. The summed E-state index contributed by atoms with van der Waals surface area (Å²) in [5.74, 6) is -2.33. The molecule has 1 amide bonds. The predicted octanol–water partition coefficient (Wildman–Crippen LogP) is 5.36. The lowest BCUT2D eigenvalue weighted by atomic mass is 10.1. The van der Waals surface area contributed by atoms with Crippen molar-refractivity contribution in [3.8, 4) is 17.2 Å². The van der Waals surface area contributed by atoms with E-state index in [0.717, 1.165) is 18.3 Å². The standard InChI is InChI=1S/C20H13ClF4N2O4/c1-11-2-7-15(30-13-3-5-14(6-4-13)31-20(23,24)25)17(18(11)22)19(28)26-12-8-9-27(29)16(21)10-12/h2-10H,1H3,(H,26,28). The summed E-state index contributed by atoms with van der Waals surface area (Å²) in [4.78, 5) is 12.7. The molecule has 0 aliphatic heterocycles. The maximum Gasteiger partial charge on any atom is 0.573 e. The Morgan fingerprint density at radius 3 is 2.35 bits per heavy atom. The first-order valence-corrected chi connectivity index (χ1v) is 8.94. The molecule has 162 valence electrons. The second-order valence-corrected chi connectivity index (χ2v) is 6.60. The van der Waals surface area contributed by atoms with E-state index in [1.54, 1.807) is 0 Å². The molecule has 11 heteroatoms. The van der Waals surface area contributed by atoms with E-state index in [0.29, 0.717) is 4.73 Å². The van der Waals surface area contributed by atoms with Crippen LogP contribution in [0.3, 0.4) is 0 Å². The third-order valence-electron chi connectivity index (χ3n) is 3.94. The number of ether oxygens (including phenoxy) is 2.